The van der Waals surface area contributed by atoms with Crippen molar-refractivity contribution in [3.05, 3.63) is 75.1 Å². The molecule has 0 unspecified atom stereocenters. The molecule has 5 heteroatoms. The van der Waals surface area contributed by atoms with Gasteiger partial charge >= 0.3 is 0 Å². The zero-order valence-corrected chi connectivity index (χ0v) is 10.9. The normalized spacial score (nSPS) is 9.85. The lowest BCUT2D eigenvalue weighted by Crippen LogP contribution is -2.00. The molecule has 0 atom stereocenters. The Morgan fingerprint density at radius 2 is 1.85 bits per heavy atom. The van der Waals surface area contributed by atoms with Gasteiger partial charge in [0.1, 0.15) is 6.07 Å². The molecule has 0 radical (unpaired) electrons. The molecule has 98 valence electrons. The molecule has 0 amide bonds. The van der Waals surface area contributed by atoms with E-state index in [1.807, 2.05) is 0 Å². The Balaban J connectivity index is 2.65. The summed E-state index contributed by atoms with van der Waals surface area (Å²) in [6, 6.07) is 10.5. The second kappa shape index (κ2) is 5.69. The molecule has 2 aromatic rings. The van der Waals surface area contributed by atoms with Crippen molar-refractivity contribution in [2.24, 2.45) is 0 Å². The van der Waals surface area contributed by atoms with Crippen molar-refractivity contribution in [2.75, 3.05) is 0 Å². The van der Waals surface area contributed by atoms with E-state index in [-0.39, 0.29) is 22.6 Å². The molecule has 0 saturated heterocycles. The highest BCUT2D eigenvalue weighted by molar-refractivity contribution is 6.32. The number of nitriles is 1. The van der Waals surface area contributed by atoms with Crippen molar-refractivity contribution >= 4 is 17.3 Å². The van der Waals surface area contributed by atoms with Crippen molar-refractivity contribution < 1.29 is 8.78 Å². The topological polar surface area (TPSA) is 28.1 Å². The van der Waals surface area contributed by atoms with Gasteiger partial charge < -0.3 is 0 Å². The van der Waals surface area contributed by atoms with E-state index < -0.39 is 17.3 Å². The average molecular weight is 289 g/mol. The summed E-state index contributed by atoms with van der Waals surface area (Å²) in [6.07, 6.45) is 0.120. The fourth-order valence-electron chi connectivity index (χ4n) is 1.87. The minimum absolute atomic E-state index is 0.0581. The first-order valence-electron chi connectivity index (χ1n) is 5.61. The highest BCUT2D eigenvalue weighted by atomic mass is 35.5. The standard InChI is InChI=1S/C15H7ClF2N2/c1-20-15-13(17)11(8-19)10(12(16)14(15)18)7-9-5-3-2-4-6-9/h2-6H,7H2. The van der Waals surface area contributed by atoms with Gasteiger partial charge in [-0.25, -0.2) is 13.6 Å². The number of benzene rings is 2. The van der Waals surface area contributed by atoms with Crippen LogP contribution in [0.3, 0.4) is 0 Å². The Hall–Kier alpha value is -2.43. The number of hydrogen-bond donors (Lipinski definition) is 0. The molecule has 20 heavy (non-hydrogen) atoms. The molecule has 2 aromatic carbocycles. The molecule has 0 bridgehead atoms. The predicted octanol–water partition coefficient (Wildman–Crippen LogP) is 4.63. The summed E-state index contributed by atoms with van der Waals surface area (Å²) in [5.74, 6) is -2.28. The monoisotopic (exact) mass is 288 g/mol. The van der Waals surface area contributed by atoms with Crippen LogP contribution in [0.5, 0.6) is 0 Å². The lowest BCUT2D eigenvalue weighted by Gasteiger charge is -2.10. The lowest BCUT2D eigenvalue weighted by molar-refractivity contribution is 0.588. The third-order valence-corrected chi connectivity index (χ3v) is 3.24. The molecule has 0 aliphatic rings. The van der Waals surface area contributed by atoms with Crippen molar-refractivity contribution in [3.63, 3.8) is 0 Å². The minimum atomic E-state index is -1.16. The third-order valence-electron chi connectivity index (χ3n) is 2.84. The van der Waals surface area contributed by atoms with Gasteiger partial charge in [0.15, 0.2) is 11.6 Å². The summed E-state index contributed by atoms with van der Waals surface area (Å²) in [7, 11) is 0. The van der Waals surface area contributed by atoms with E-state index in [9.17, 15) is 8.78 Å². The Bertz CT molecular complexity index is 743. The van der Waals surface area contributed by atoms with Crippen molar-refractivity contribution in [1.29, 1.82) is 5.26 Å². The van der Waals surface area contributed by atoms with E-state index >= 15 is 0 Å². The Morgan fingerprint density at radius 3 is 2.40 bits per heavy atom. The largest absolute Gasteiger partial charge is 0.259 e. The summed E-state index contributed by atoms with van der Waals surface area (Å²) in [5, 5.41) is 8.66. The molecule has 2 nitrogen and oxygen atoms in total. The smallest absolute Gasteiger partial charge is 0.232 e. The summed E-state index contributed by atoms with van der Waals surface area (Å²) in [4.78, 5) is 2.75. The Morgan fingerprint density at radius 1 is 1.20 bits per heavy atom. The highest BCUT2D eigenvalue weighted by Gasteiger charge is 2.23. The Labute approximate surface area is 119 Å². The molecule has 0 spiro atoms. The second-order valence-electron chi connectivity index (χ2n) is 4.03. The summed E-state index contributed by atoms with van der Waals surface area (Å²) in [6.45, 7) is 6.76. The summed E-state index contributed by atoms with van der Waals surface area (Å²) in [5.41, 5.74) is -0.405. The van der Waals surface area contributed by atoms with Gasteiger partial charge in [-0.3, -0.25) is 0 Å². The van der Waals surface area contributed by atoms with Crippen LogP contribution in [0.1, 0.15) is 16.7 Å². The van der Waals surface area contributed by atoms with E-state index in [4.69, 9.17) is 23.4 Å². The fourth-order valence-corrected chi connectivity index (χ4v) is 2.12. The minimum Gasteiger partial charge on any atom is -0.232 e. The molecular formula is C15H7ClF2N2. The van der Waals surface area contributed by atoms with E-state index in [2.05, 4.69) is 4.85 Å². The maximum Gasteiger partial charge on any atom is 0.259 e. The molecular weight excluding hydrogens is 282 g/mol. The highest BCUT2D eigenvalue weighted by Crippen LogP contribution is 2.35. The van der Waals surface area contributed by atoms with Crippen LogP contribution >= 0.6 is 11.6 Å². The maximum absolute atomic E-state index is 13.9. The predicted molar refractivity (Wildman–Crippen MR) is 71.6 cm³/mol. The first-order valence-corrected chi connectivity index (χ1v) is 5.98. The van der Waals surface area contributed by atoms with Crippen LogP contribution in [0.4, 0.5) is 14.5 Å². The van der Waals surface area contributed by atoms with E-state index in [1.54, 1.807) is 36.4 Å². The van der Waals surface area contributed by atoms with Gasteiger partial charge in [0.2, 0.25) is 0 Å². The van der Waals surface area contributed by atoms with Crippen molar-refractivity contribution in [3.8, 4) is 6.07 Å². The summed E-state index contributed by atoms with van der Waals surface area (Å²) < 4.78 is 27.8. The van der Waals surface area contributed by atoms with Gasteiger partial charge in [-0.05, 0) is 11.1 Å². The first kappa shape index (κ1) is 14.0. The zero-order valence-electron chi connectivity index (χ0n) is 10.1. The van der Waals surface area contributed by atoms with Crippen molar-refractivity contribution in [1.82, 2.24) is 0 Å². The van der Waals surface area contributed by atoms with E-state index in [0.717, 1.165) is 5.56 Å². The quantitative estimate of drug-likeness (QED) is 0.585. The van der Waals surface area contributed by atoms with Crippen LogP contribution in [0.2, 0.25) is 5.02 Å². The van der Waals surface area contributed by atoms with Crippen LogP contribution < -0.4 is 0 Å². The van der Waals surface area contributed by atoms with Crippen LogP contribution in [-0.2, 0) is 6.42 Å². The van der Waals surface area contributed by atoms with Gasteiger partial charge in [0.05, 0.1) is 17.2 Å². The maximum atomic E-state index is 13.9. The van der Waals surface area contributed by atoms with Crippen LogP contribution in [0.25, 0.3) is 4.85 Å². The molecule has 0 aliphatic heterocycles. The van der Waals surface area contributed by atoms with Gasteiger partial charge in [-0.2, -0.15) is 5.26 Å². The molecule has 2 rings (SSSR count). The number of halogens is 3. The number of nitrogens with zero attached hydrogens (tertiary/aromatic N) is 2. The van der Waals surface area contributed by atoms with Crippen molar-refractivity contribution in [2.45, 2.75) is 6.42 Å². The first-order chi connectivity index (χ1) is 9.60. The van der Waals surface area contributed by atoms with Crippen LogP contribution in [0, 0.1) is 29.5 Å². The molecule has 0 aliphatic carbocycles. The fraction of sp³-hybridized carbons (Fsp3) is 0.0667. The SMILES string of the molecule is [C-]#[N+]c1c(F)c(Cl)c(Cc2ccccc2)c(C#N)c1F. The second-order valence-corrected chi connectivity index (χ2v) is 4.41. The van der Waals surface area contributed by atoms with E-state index in [0.29, 0.717) is 0 Å². The van der Waals surface area contributed by atoms with Crippen LogP contribution in [0.15, 0.2) is 30.3 Å². The molecule has 0 fully saturated rings. The van der Waals surface area contributed by atoms with Gasteiger partial charge in [-0.1, -0.05) is 41.9 Å². The molecule has 0 N–H and O–H groups in total. The lowest BCUT2D eigenvalue weighted by atomic mass is 9.98. The van der Waals surface area contributed by atoms with Gasteiger partial charge in [-0.15, -0.1) is 0 Å². The van der Waals surface area contributed by atoms with E-state index in [1.165, 1.54) is 0 Å². The van der Waals surface area contributed by atoms with Crippen LogP contribution in [-0.4, -0.2) is 0 Å². The molecule has 0 heterocycles. The van der Waals surface area contributed by atoms with Gasteiger partial charge in [0.25, 0.3) is 5.69 Å². The number of rotatable bonds is 2. The third kappa shape index (κ3) is 2.34. The summed E-state index contributed by atoms with van der Waals surface area (Å²) >= 11 is 5.85. The number of hydrogen-bond acceptors (Lipinski definition) is 1. The molecule has 0 saturated carbocycles. The zero-order chi connectivity index (χ0) is 14.7. The van der Waals surface area contributed by atoms with Gasteiger partial charge in [0, 0.05) is 6.42 Å². The Kier molecular flexibility index (Phi) is 3.98. The average Bonchev–Trinajstić information content (AvgIpc) is 2.46. The molecule has 0 aromatic heterocycles.